The normalized spacial score (nSPS) is 11.2. The van der Waals surface area contributed by atoms with E-state index in [-0.39, 0.29) is 5.28 Å². The van der Waals surface area contributed by atoms with E-state index in [0.717, 1.165) is 29.6 Å². The molecule has 2 heterocycles. The van der Waals surface area contributed by atoms with E-state index in [2.05, 4.69) is 9.97 Å². The van der Waals surface area contributed by atoms with Gasteiger partial charge in [-0.3, -0.25) is 0 Å². The van der Waals surface area contributed by atoms with Gasteiger partial charge in [0.2, 0.25) is 5.28 Å². The lowest BCUT2D eigenvalue weighted by Gasteiger charge is -2.06. The summed E-state index contributed by atoms with van der Waals surface area (Å²) in [5, 5.41) is 2.38. The minimum atomic E-state index is 0.256. The number of aryl methyl sites for hydroxylation is 2. The Morgan fingerprint density at radius 3 is 2.70 bits per heavy atom. The highest BCUT2D eigenvalue weighted by molar-refractivity contribution is 6.42. The maximum atomic E-state index is 6.01. The number of fused-ring (bicyclic) bond motifs is 1. The lowest BCUT2D eigenvalue weighted by atomic mass is 10.1. The van der Waals surface area contributed by atoms with Gasteiger partial charge in [0.15, 0.2) is 0 Å². The van der Waals surface area contributed by atoms with E-state index < -0.39 is 0 Å². The van der Waals surface area contributed by atoms with Crippen molar-refractivity contribution in [3.63, 3.8) is 0 Å². The Morgan fingerprint density at radius 1 is 1.05 bits per heavy atom. The molecule has 102 valence electrons. The Labute approximate surface area is 131 Å². The summed E-state index contributed by atoms with van der Waals surface area (Å²) in [5.41, 5.74) is 1.96. The largest absolute Gasteiger partial charge is 0.332 e. The van der Waals surface area contributed by atoms with E-state index >= 15 is 0 Å². The lowest BCUT2D eigenvalue weighted by molar-refractivity contribution is 0.715. The van der Waals surface area contributed by atoms with Crippen molar-refractivity contribution in [3.8, 4) is 0 Å². The summed E-state index contributed by atoms with van der Waals surface area (Å²) in [6.45, 7) is 0.787. The SMILES string of the molecule is Clc1ncc2ccn(CCc3ccc(Cl)c(Cl)c3)c2n1. The molecule has 0 atom stereocenters. The number of benzene rings is 1. The Bertz CT molecular complexity index is 767. The predicted octanol–water partition coefficient (Wildman–Crippen LogP) is 4.63. The second-order valence-corrected chi connectivity index (χ2v) is 5.58. The monoisotopic (exact) mass is 325 g/mol. The van der Waals surface area contributed by atoms with Crippen LogP contribution in [0, 0.1) is 0 Å². The maximum Gasteiger partial charge on any atom is 0.224 e. The maximum absolute atomic E-state index is 6.01. The van der Waals surface area contributed by atoms with E-state index in [4.69, 9.17) is 34.8 Å². The molecule has 0 unspecified atom stereocenters. The molecule has 3 rings (SSSR count). The summed E-state index contributed by atoms with van der Waals surface area (Å²) >= 11 is 17.8. The first-order valence-corrected chi connectivity index (χ1v) is 7.18. The number of hydrogen-bond acceptors (Lipinski definition) is 2. The predicted molar refractivity (Wildman–Crippen MR) is 82.7 cm³/mol. The minimum Gasteiger partial charge on any atom is -0.332 e. The van der Waals surface area contributed by atoms with Crippen LogP contribution in [0.5, 0.6) is 0 Å². The molecule has 0 spiro atoms. The summed E-state index contributed by atoms with van der Waals surface area (Å²) in [7, 11) is 0. The van der Waals surface area contributed by atoms with Gasteiger partial charge in [-0.1, -0.05) is 29.3 Å². The molecule has 0 aliphatic carbocycles. The van der Waals surface area contributed by atoms with Crippen molar-refractivity contribution in [2.45, 2.75) is 13.0 Å². The molecular formula is C14H10Cl3N3. The fraction of sp³-hybridized carbons (Fsp3) is 0.143. The van der Waals surface area contributed by atoms with Crippen LogP contribution < -0.4 is 0 Å². The number of rotatable bonds is 3. The standard InChI is InChI=1S/C14H10Cl3N3/c15-11-2-1-9(7-12(11)16)3-5-20-6-4-10-8-18-14(17)19-13(10)20/h1-2,4,6-8H,3,5H2. The van der Waals surface area contributed by atoms with Crippen LogP contribution in [-0.4, -0.2) is 14.5 Å². The van der Waals surface area contributed by atoms with Gasteiger partial charge in [0.05, 0.1) is 10.0 Å². The average molecular weight is 327 g/mol. The van der Waals surface area contributed by atoms with E-state index in [1.807, 2.05) is 35.0 Å². The zero-order valence-corrected chi connectivity index (χ0v) is 12.6. The highest BCUT2D eigenvalue weighted by Gasteiger charge is 2.05. The molecule has 6 heteroatoms. The first kappa shape index (κ1) is 13.7. The molecule has 0 amide bonds. The third-order valence-electron chi connectivity index (χ3n) is 3.10. The molecule has 1 aromatic carbocycles. The second kappa shape index (κ2) is 5.60. The Kier molecular flexibility index (Phi) is 3.83. The molecule has 3 nitrogen and oxygen atoms in total. The van der Waals surface area contributed by atoms with Gasteiger partial charge in [0.25, 0.3) is 0 Å². The van der Waals surface area contributed by atoms with Crippen LogP contribution in [0.15, 0.2) is 36.7 Å². The highest BCUT2D eigenvalue weighted by Crippen LogP contribution is 2.23. The zero-order valence-electron chi connectivity index (χ0n) is 10.4. The van der Waals surface area contributed by atoms with Crippen molar-refractivity contribution in [1.82, 2.24) is 14.5 Å². The fourth-order valence-electron chi connectivity index (χ4n) is 2.07. The van der Waals surface area contributed by atoms with Gasteiger partial charge in [-0.05, 0) is 41.8 Å². The summed E-state index contributed by atoms with van der Waals surface area (Å²) in [5.74, 6) is 0. The van der Waals surface area contributed by atoms with Crippen LogP contribution in [0.1, 0.15) is 5.56 Å². The molecule has 0 saturated carbocycles. The average Bonchev–Trinajstić information content (AvgIpc) is 2.82. The fourth-order valence-corrected chi connectivity index (χ4v) is 2.52. The van der Waals surface area contributed by atoms with Crippen LogP contribution >= 0.6 is 34.8 Å². The Hall–Kier alpha value is -1.29. The van der Waals surface area contributed by atoms with Crippen LogP contribution in [0.25, 0.3) is 11.0 Å². The Balaban J connectivity index is 1.83. The smallest absolute Gasteiger partial charge is 0.224 e. The van der Waals surface area contributed by atoms with Gasteiger partial charge in [-0.15, -0.1) is 0 Å². The minimum absolute atomic E-state index is 0.256. The zero-order chi connectivity index (χ0) is 14.1. The number of nitrogens with zero attached hydrogens (tertiary/aromatic N) is 3. The molecule has 20 heavy (non-hydrogen) atoms. The van der Waals surface area contributed by atoms with Gasteiger partial charge < -0.3 is 4.57 Å². The van der Waals surface area contributed by atoms with E-state index in [9.17, 15) is 0 Å². The number of hydrogen-bond donors (Lipinski definition) is 0. The quantitative estimate of drug-likeness (QED) is 0.657. The second-order valence-electron chi connectivity index (χ2n) is 4.43. The van der Waals surface area contributed by atoms with Gasteiger partial charge in [0.1, 0.15) is 5.65 Å². The van der Waals surface area contributed by atoms with Crippen LogP contribution in [0.2, 0.25) is 15.3 Å². The molecule has 0 bridgehead atoms. The summed E-state index contributed by atoms with van der Waals surface area (Å²) in [4.78, 5) is 8.22. The van der Waals surface area contributed by atoms with Gasteiger partial charge >= 0.3 is 0 Å². The molecule has 0 aliphatic heterocycles. The Morgan fingerprint density at radius 2 is 1.90 bits per heavy atom. The molecule has 0 saturated heterocycles. The third kappa shape index (κ3) is 2.75. The molecule has 0 aliphatic rings. The van der Waals surface area contributed by atoms with Gasteiger partial charge in [0, 0.05) is 24.3 Å². The van der Waals surface area contributed by atoms with E-state index in [1.54, 1.807) is 6.20 Å². The first-order valence-electron chi connectivity index (χ1n) is 6.05. The topological polar surface area (TPSA) is 30.7 Å². The van der Waals surface area contributed by atoms with Crippen molar-refractivity contribution in [2.75, 3.05) is 0 Å². The van der Waals surface area contributed by atoms with Crippen molar-refractivity contribution < 1.29 is 0 Å². The van der Waals surface area contributed by atoms with Crippen molar-refractivity contribution in [1.29, 1.82) is 0 Å². The molecule has 0 N–H and O–H groups in total. The number of aromatic nitrogens is 3. The van der Waals surface area contributed by atoms with Crippen molar-refractivity contribution in [2.24, 2.45) is 0 Å². The number of halogens is 3. The molecule has 3 aromatic rings. The molecular weight excluding hydrogens is 317 g/mol. The van der Waals surface area contributed by atoms with Crippen LogP contribution in [0.4, 0.5) is 0 Å². The van der Waals surface area contributed by atoms with Crippen molar-refractivity contribution >= 4 is 45.8 Å². The lowest BCUT2D eigenvalue weighted by Crippen LogP contribution is -2.01. The van der Waals surface area contributed by atoms with Crippen LogP contribution in [-0.2, 0) is 13.0 Å². The molecule has 0 fully saturated rings. The summed E-state index contributed by atoms with van der Waals surface area (Å²) in [6, 6.07) is 7.64. The van der Waals surface area contributed by atoms with Crippen molar-refractivity contribution in [3.05, 3.63) is 57.6 Å². The highest BCUT2D eigenvalue weighted by atomic mass is 35.5. The van der Waals surface area contributed by atoms with Gasteiger partial charge in [-0.2, -0.15) is 4.98 Å². The van der Waals surface area contributed by atoms with E-state index in [0.29, 0.717) is 10.0 Å². The molecule has 0 radical (unpaired) electrons. The summed E-state index contributed by atoms with van der Waals surface area (Å²) in [6.07, 6.45) is 4.54. The first-order chi connectivity index (χ1) is 9.63. The van der Waals surface area contributed by atoms with E-state index in [1.165, 1.54) is 0 Å². The summed E-state index contributed by atoms with van der Waals surface area (Å²) < 4.78 is 2.05. The third-order valence-corrected chi connectivity index (χ3v) is 4.02. The van der Waals surface area contributed by atoms with Crippen LogP contribution in [0.3, 0.4) is 0 Å². The molecule has 2 aromatic heterocycles. The van der Waals surface area contributed by atoms with Gasteiger partial charge in [-0.25, -0.2) is 4.98 Å².